The second kappa shape index (κ2) is 7.21. The van der Waals surface area contributed by atoms with Gasteiger partial charge < -0.3 is 16.0 Å². The van der Waals surface area contributed by atoms with Crippen molar-refractivity contribution in [1.29, 1.82) is 0 Å². The molecule has 3 rings (SSSR count). The molecule has 0 saturated carbocycles. The smallest absolute Gasteiger partial charge is 0.292 e. The minimum absolute atomic E-state index is 0.0716. The summed E-state index contributed by atoms with van der Waals surface area (Å²) in [5.41, 5.74) is 3.97. The Hall–Kier alpha value is -3.09. The minimum atomic E-state index is -0.369. The van der Waals surface area contributed by atoms with Crippen molar-refractivity contribution >= 4 is 23.0 Å². The highest BCUT2D eigenvalue weighted by Gasteiger charge is 2.23. The van der Waals surface area contributed by atoms with Gasteiger partial charge in [0.15, 0.2) is 0 Å². The molecule has 130 valence electrons. The fraction of sp³-hybridized carbons (Fsp3) is 0.278. The first-order chi connectivity index (χ1) is 12.1. The molecule has 2 aromatic rings. The van der Waals surface area contributed by atoms with Crippen molar-refractivity contribution in [1.82, 2.24) is 5.32 Å². The summed E-state index contributed by atoms with van der Waals surface area (Å²) in [6.45, 7) is 3.62. The van der Waals surface area contributed by atoms with Crippen LogP contribution >= 0.6 is 0 Å². The second-order valence-electron chi connectivity index (χ2n) is 5.83. The van der Waals surface area contributed by atoms with Gasteiger partial charge in [0.1, 0.15) is 5.69 Å². The molecule has 1 heterocycles. The molecular weight excluding hydrogens is 320 g/mol. The zero-order valence-electron chi connectivity index (χ0n) is 14.0. The third-order valence-corrected chi connectivity index (χ3v) is 4.17. The monoisotopic (exact) mass is 340 g/mol. The van der Waals surface area contributed by atoms with Gasteiger partial charge in [0.2, 0.25) is 0 Å². The van der Waals surface area contributed by atoms with E-state index >= 15 is 0 Å². The Kier molecular flexibility index (Phi) is 4.83. The van der Waals surface area contributed by atoms with Crippen LogP contribution in [0.1, 0.15) is 28.4 Å². The molecule has 7 heteroatoms. The molecule has 2 aromatic carbocycles. The van der Waals surface area contributed by atoms with Gasteiger partial charge in [-0.25, -0.2) is 0 Å². The number of benzene rings is 2. The van der Waals surface area contributed by atoms with Crippen molar-refractivity contribution in [2.45, 2.75) is 19.9 Å². The third kappa shape index (κ3) is 3.55. The summed E-state index contributed by atoms with van der Waals surface area (Å²) >= 11 is 0. The number of hydrogen-bond acceptors (Lipinski definition) is 5. The summed E-state index contributed by atoms with van der Waals surface area (Å²) in [6.07, 6.45) is 0.748. The lowest BCUT2D eigenvalue weighted by Crippen LogP contribution is -2.22. The van der Waals surface area contributed by atoms with Gasteiger partial charge in [-0.3, -0.25) is 14.9 Å². The van der Waals surface area contributed by atoms with Crippen LogP contribution in [0.3, 0.4) is 0 Å². The van der Waals surface area contributed by atoms with Crippen LogP contribution in [0.5, 0.6) is 0 Å². The van der Waals surface area contributed by atoms with Crippen molar-refractivity contribution in [3.8, 4) is 0 Å². The van der Waals surface area contributed by atoms with E-state index in [1.165, 1.54) is 6.07 Å². The first-order valence-electron chi connectivity index (χ1n) is 8.25. The zero-order valence-corrected chi connectivity index (χ0v) is 14.0. The SMILES string of the molecule is CCNC(=O)c1cccc(CNc2c([N+](=O)[O-])ccc3c2CCN3)c1. The number of fused-ring (bicyclic) bond motifs is 1. The van der Waals surface area contributed by atoms with Crippen molar-refractivity contribution in [2.75, 3.05) is 23.7 Å². The molecule has 1 amide bonds. The quantitative estimate of drug-likeness (QED) is 0.555. The summed E-state index contributed by atoms with van der Waals surface area (Å²) in [7, 11) is 0. The van der Waals surface area contributed by atoms with E-state index in [4.69, 9.17) is 0 Å². The molecule has 0 spiro atoms. The maximum absolute atomic E-state index is 11.9. The van der Waals surface area contributed by atoms with Crippen LogP contribution in [0.15, 0.2) is 36.4 Å². The molecule has 1 aliphatic heterocycles. The van der Waals surface area contributed by atoms with Crippen LogP contribution in [-0.2, 0) is 13.0 Å². The van der Waals surface area contributed by atoms with E-state index in [0.29, 0.717) is 24.3 Å². The lowest BCUT2D eigenvalue weighted by Gasteiger charge is -2.12. The van der Waals surface area contributed by atoms with E-state index in [0.717, 1.165) is 29.8 Å². The Morgan fingerprint density at radius 2 is 2.16 bits per heavy atom. The molecule has 0 radical (unpaired) electrons. The molecule has 1 aliphatic rings. The molecule has 3 N–H and O–H groups in total. The summed E-state index contributed by atoms with van der Waals surface area (Å²) in [5.74, 6) is -0.125. The summed E-state index contributed by atoms with van der Waals surface area (Å²) < 4.78 is 0. The number of hydrogen-bond donors (Lipinski definition) is 3. The topological polar surface area (TPSA) is 96.3 Å². The Labute approximate surface area is 145 Å². The third-order valence-electron chi connectivity index (χ3n) is 4.17. The van der Waals surface area contributed by atoms with Gasteiger partial charge in [-0.1, -0.05) is 12.1 Å². The number of nitrogens with one attached hydrogen (secondary N) is 3. The average Bonchev–Trinajstić information content (AvgIpc) is 3.08. The number of nitrogens with zero attached hydrogens (tertiary/aromatic N) is 1. The summed E-state index contributed by atoms with van der Waals surface area (Å²) in [6, 6.07) is 10.5. The molecular formula is C18H20N4O3. The largest absolute Gasteiger partial charge is 0.384 e. The fourth-order valence-corrected chi connectivity index (χ4v) is 3.01. The van der Waals surface area contributed by atoms with Gasteiger partial charge in [0, 0.05) is 42.5 Å². The number of nitro benzene ring substituents is 1. The first kappa shape index (κ1) is 16.8. The highest BCUT2D eigenvalue weighted by atomic mass is 16.6. The van der Waals surface area contributed by atoms with E-state index in [1.807, 2.05) is 19.1 Å². The molecule has 25 heavy (non-hydrogen) atoms. The molecule has 0 saturated heterocycles. The van der Waals surface area contributed by atoms with Gasteiger partial charge in [0.25, 0.3) is 11.6 Å². The van der Waals surface area contributed by atoms with Gasteiger partial charge in [-0.15, -0.1) is 0 Å². The first-order valence-corrected chi connectivity index (χ1v) is 8.25. The van der Waals surface area contributed by atoms with Crippen molar-refractivity contribution < 1.29 is 9.72 Å². The minimum Gasteiger partial charge on any atom is -0.384 e. The normalized spacial score (nSPS) is 12.2. The van der Waals surface area contributed by atoms with E-state index in [9.17, 15) is 14.9 Å². The Morgan fingerprint density at radius 1 is 1.32 bits per heavy atom. The highest BCUT2D eigenvalue weighted by molar-refractivity contribution is 5.94. The Bertz CT molecular complexity index is 820. The van der Waals surface area contributed by atoms with Gasteiger partial charge in [0.05, 0.1) is 4.92 Å². The Balaban J connectivity index is 1.83. The average molecular weight is 340 g/mol. The molecule has 0 bridgehead atoms. The lowest BCUT2D eigenvalue weighted by molar-refractivity contribution is -0.384. The molecule has 0 fully saturated rings. The van der Waals surface area contributed by atoms with Crippen LogP contribution in [0, 0.1) is 10.1 Å². The predicted molar refractivity (Wildman–Crippen MR) is 97.1 cm³/mol. The second-order valence-corrected chi connectivity index (χ2v) is 5.83. The van der Waals surface area contributed by atoms with Crippen molar-refractivity contribution in [3.63, 3.8) is 0 Å². The fourth-order valence-electron chi connectivity index (χ4n) is 3.01. The molecule has 0 atom stereocenters. The van der Waals surface area contributed by atoms with Crippen molar-refractivity contribution in [2.24, 2.45) is 0 Å². The Morgan fingerprint density at radius 3 is 2.92 bits per heavy atom. The molecule has 0 aromatic heterocycles. The van der Waals surface area contributed by atoms with E-state index in [-0.39, 0.29) is 16.5 Å². The van der Waals surface area contributed by atoms with Crippen LogP contribution in [0.4, 0.5) is 17.1 Å². The number of anilines is 2. The number of amides is 1. The summed E-state index contributed by atoms with van der Waals surface area (Å²) in [4.78, 5) is 22.9. The van der Waals surface area contributed by atoms with Crippen LogP contribution in [0.25, 0.3) is 0 Å². The molecule has 7 nitrogen and oxygen atoms in total. The maximum atomic E-state index is 11.9. The van der Waals surface area contributed by atoms with Crippen molar-refractivity contribution in [3.05, 3.63) is 63.2 Å². The standard InChI is InChI=1S/C18H20N4O3/c1-2-19-18(23)13-5-3-4-12(10-13)11-21-17-14-8-9-20-15(14)6-7-16(17)22(24)25/h3-7,10,20-21H,2,8-9,11H2,1H3,(H,19,23). The number of carbonyl (C=O) groups excluding carboxylic acids is 1. The van der Waals surface area contributed by atoms with E-state index < -0.39 is 0 Å². The van der Waals surface area contributed by atoms with Crippen LogP contribution in [-0.4, -0.2) is 23.9 Å². The van der Waals surface area contributed by atoms with Crippen LogP contribution in [0.2, 0.25) is 0 Å². The summed E-state index contributed by atoms with van der Waals surface area (Å²) in [5, 5.41) is 20.5. The van der Waals surface area contributed by atoms with E-state index in [2.05, 4.69) is 16.0 Å². The highest BCUT2D eigenvalue weighted by Crippen LogP contribution is 2.37. The zero-order chi connectivity index (χ0) is 17.8. The van der Waals surface area contributed by atoms with Gasteiger partial charge >= 0.3 is 0 Å². The van der Waals surface area contributed by atoms with Crippen LogP contribution < -0.4 is 16.0 Å². The number of nitro groups is 1. The molecule has 0 aliphatic carbocycles. The van der Waals surface area contributed by atoms with E-state index in [1.54, 1.807) is 18.2 Å². The number of carbonyl (C=O) groups is 1. The number of rotatable bonds is 6. The lowest BCUT2D eigenvalue weighted by atomic mass is 10.1. The predicted octanol–water partition coefficient (Wildman–Crippen LogP) is 2.92. The molecule has 0 unspecified atom stereocenters. The van der Waals surface area contributed by atoms with Gasteiger partial charge in [-0.05, 0) is 37.1 Å². The van der Waals surface area contributed by atoms with Gasteiger partial charge in [-0.2, -0.15) is 0 Å². The maximum Gasteiger partial charge on any atom is 0.292 e.